The lowest BCUT2D eigenvalue weighted by Gasteiger charge is -2.29. The summed E-state index contributed by atoms with van der Waals surface area (Å²) in [6.45, 7) is 11.5. The fourth-order valence-corrected chi connectivity index (χ4v) is 2.99. The zero-order valence-electron chi connectivity index (χ0n) is 14.4. The Kier molecular flexibility index (Phi) is 5.83. The van der Waals surface area contributed by atoms with Gasteiger partial charge in [0.15, 0.2) is 0 Å². The quantitative estimate of drug-likeness (QED) is 0.771. The van der Waals surface area contributed by atoms with Crippen molar-refractivity contribution in [2.24, 2.45) is 5.92 Å². The van der Waals surface area contributed by atoms with E-state index >= 15 is 0 Å². The molecule has 1 N–H and O–H groups in total. The van der Waals surface area contributed by atoms with Crippen LogP contribution in [0.5, 0.6) is 0 Å². The van der Waals surface area contributed by atoms with Gasteiger partial charge in [-0.3, -0.25) is 4.90 Å². The van der Waals surface area contributed by atoms with E-state index in [1.54, 1.807) is 0 Å². The van der Waals surface area contributed by atoms with E-state index in [9.17, 15) is 0 Å². The van der Waals surface area contributed by atoms with Crippen LogP contribution >= 0.6 is 0 Å². The van der Waals surface area contributed by atoms with Gasteiger partial charge in [0.25, 0.3) is 0 Å². The van der Waals surface area contributed by atoms with Gasteiger partial charge in [0, 0.05) is 25.2 Å². The average Bonchev–Trinajstić information content (AvgIpc) is 3.27. The highest BCUT2D eigenvalue weighted by Crippen LogP contribution is 2.29. The number of nitrogens with zero attached hydrogens (tertiary/aromatic N) is 1. The van der Waals surface area contributed by atoms with Gasteiger partial charge in [0.05, 0.1) is 0 Å². The Balaban J connectivity index is 2.03. The summed E-state index contributed by atoms with van der Waals surface area (Å²) >= 11 is 0. The molecule has 2 rings (SSSR count). The number of nitrogens with one attached hydrogen (secondary N) is 1. The van der Waals surface area contributed by atoms with Gasteiger partial charge >= 0.3 is 0 Å². The Bertz CT molecular complexity index is 418. The van der Waals surface area contributed by atoms with E-state index in [2.05, 4.69) is 69.2 Å². The maximum absolute atomic E-state index is 3.51. The zero-order chi connectivity index (χ0) is 15.4. The maximum Gasteiger partial charge on any atom is 0.0446 e. The molecule has 1 atom stereocenters. The Hall–Kier alpha value is -0.860. The second kappa shape index (κ2) is 7.42. The van der Waals surface area contributed by atoms with Gasteiger partial charge in [-0.25, -0.2) is 0 Å². The first-order valence-corrected chi connectivity index (χ1v) is 8.52. The van der Waals surface area contributed by atoms with E-state index < -0.39 is 0 Å². The molecule has 0 amide bonds. The maximum atomic E-state index is 3.51. The Morgan fingerprint density at radius 2 is 1.57 bits per heavy atom. The second-order valence-corrected chi connectivity index (χ2v) is 7.24. The van der Waals surface area contributed by atoms with Gasteiger partial charge in [-0.15, -0.1) is 0 Å². The molecule has 0 bridgehead atoms. The van der Waals surface area contributed by atoms with Crippen molar-refractivity contribution in [2.75, 3.05) is 20.1 Å². The predicted molar refractivity (Wildman–Crippen MR) is 91.8 cm³/mol. The lowest BCUT2D eigenvalue weighted by atomic mass is 9.98. The summed E-state index contributed by atoms with van der Waals surface area (Å²) in [5.74, 6) is 1.35. The highest BCUT2D eigenvalue weighted by Gasteiger charge is 2.30. The Morgan fingerprint density at radius 1 is 1.00 bits per heavy atom. The summed E-state index contributed by atoms with van der Waals surface area (Å²) in [5, 5.41) is 3.51. The summed E-state index contributed by atoms with van der Waals surface area (Å²) in [6, 6.07) is 10.4. The molecule has 0 saturated heterocycles. The topological polar surface area (TPSA) is 15.3 Å². The van der Waals surface area contributed by atoms with Crippen LogP contribution in [0.4, 0.5) is 0 Å². The minimum Gasteiger partial charge on any atom is -0.312 e. The minimum atomic E-state index is 0.436. The summed E-state index contributed by atoms with van der Waals surface area (Å²) in [4.78, 5) is 2.68. The highest BCUT2D eigenvalue weighted by atomic mass is 15.2. The van der Waals surface area contributed by atoms with Gasteiger partial charge < -0.3 is 5.32 Å². The Morgan fingerprint density at radius 3 is 2.00 bits per heavy atom. The summed E-state index contributed by atoms with van der Waals surface area (Å²) in [7, 11) is 2.08. The van der Waals surface area contributed by atoms with Crippen molar-refractivity contribution in [3.63, 3.8) is 0 Å². The van der Waals surface area contributed by atoms with E-state index in [-0.39, 0.29) is 0 Å². The third kappa shape index (κ3) is 4.82. The van der Waals surface area contributed by atoms with Crippen molar-refractivity contribution in [1.29, 1.82) is 0 Å². The first kappa shape index (κ1) is 16.5. The minimum absolute atomic E-state index is 0.436. The standard InChI is InChI=1S/C19H32N2/c1-14(2)12-21(18-10-11-18)13-19(20-5)17-8-6-16(7-9-17)15(3)4/h6-9,14-15,18-20H,10-13H2,1-5H3. The van der Waals surface area contributed by atoms with Crippen LogP contribution in [-0.2, 0) is 0 Å². The third-order valence-electron chi connectivity index (χ3n) is 4.43. The molecule has 0 aromatic heterocycles. The van der Waals surface area contributed by atoms with E-state index in [4.69, 9.17) is 0 Å². The molecule has 1 aromatic carbocycles. The molecule has 1 aromatic rings. The molecule has 1 saturated carbocycles. The summed E-state index contributed by atoms with van der Waals surface area (Å²) < 4.78 is 0. The van der Waals surface area contributed by atoms with Crippen LogP contribution in [0.3, 0.4) is 0 Å². The van der Waals surface area contributed by atoms with Crippen LogP contribution in [0.1, 0.15) is 63.6 Å². The van der Waals surface area contributed by atoms with Crippen LogP contribution in [-0.4, -0.2) is 31.1 Å². The highest BCUT2D eigenvalue weighted by molar-refractivity contribution is 5.27. The van der Waals surface area contributed by atoms with Crippen molar-refractivity contribution >= 4 is 0 Å². The molecule has 0 spiro atoms. The number of hydrogen-bond donors (Lipinski definition) is 1. The molecule has 2 heteroatoms. The fourth-order valence-electron chi connectivity index (χ4n) is 2.99. The van der Waals surface area contributed by atoms with Crippen molar-refractivity contribution in [1.82, 2.24) is 10.2 Å². The van der Waals surface area contributed by atoms with Crippen LogP contribution in [0, 0.1) is 5.92 Å². The Labute approximate surface area is 130 Å². The molecule has 1 fully saturated rings. The zero-order valence-corrected chi connectivity index (χ0v) is 14.4. The van der Waals surface area contributed by atoms with Gasteiger partial charge in [-0.1, -0.05) is 52.0 Å². The van der Waals surface area contributed by atoms with E-state index in [1.165, 1.54) is 30.5 Å². The van der Waals surface area contributed by atoms with Crippen molar-refractivity contribution in [3.05, 3.63) is 35.4 Å². The lowest BCUT2D eigenvalue weighted by Crippen LogP contribution is -2.37. The molecule has 21 heavy (non-hydrogen) atoms. The normalized spacial score (nSPS) is 17.0. The van der Waals surface area contributed by atoms with Crippen LogP contribution in [0.2, 0.25) is 0 Å². The van der Waals surface area contributed by atoms with Crippen molar-refractivity contribution in [3.8, 4) is 0 Å². The molecule has 2 nitrogen and oxygen atoms in total. The molecule has 118 valence electrons. The first-order chi connectivity index (χ1) is 10.0. The average molecular weight is 288 g/mol. The van der Waals surface area contributed by atoms with Gasteiger partial charge in [-0.05, 0) is 42.9 Å². The van der Waals surface area contributed by atoms with Crippen LogP contribution in [0.15, 0.2) is 24.3 Å². The van der Waals surface area contributed by atoms with E-state index in [0.29, 0.717) is 12.0 Å². The van der Waals surface area contributed by atoms with Crippen molar-refractivity contribution in [2.45, 2.75) is 58.5 Å². The molecule has 1 unspecified atom stereocenters. The monoisotopic (exact) mass is 288 g/mol. The van der Waals surface area contributed by atoms with Gasteiger partial charge in [-0.2, -0.15) is 0 Å². The molecule has 1 aliphatic rings. The van der Waals surface area contributed by atoms with Crippen LogP contribution < -0.4 is 5.32 Å². The first-order valence-electron chi connectivity index (χ1n) is 8.52. The van der Waals surface area contributed by atoms with Crippen LogP contribution in [0.25, 0.3) is 0 Å². The smallest absolute Gasteiger partial charge is 0.0446 e. The lowest BCUT2D eigenvalue weighted by molar-refractivity contribution is 0.212. The molecular weight excluding hydrogens is 256 g/mol. The molecular formula is C19H32N2. The summed E-state index contributed by atoms with van der Waals surface area (Å²) in [6.07, 6.45) is 2.77. The number of likely N-dealkylation sites (N-methyl/N-ethyl adjacent to an activating group) is 1. The second-order valence-electron chi connectivity index (χ2n) is 7.24. The largest absolute Gasteiger partial charge is 0.312 e. The van der Waals surface area contributed by atoms with Gasteiger partial charge in [0.2, 0.25) is 0 Å². The predicted octanol–water partition coefficient (Wildman–Crippen LogP) is 4.19. The van der Waals surface area contributed by atoms with Gasteiger partial charge in [0.1, 0.15) is 0 Å². The number of benzene rings is 1. The molecule has 0 aliphatic heterocycles. The molecule has 0 heterocycles. The van der Waals surface area contributed by atoms with E-state index in [1.807, 2.05) is 0 Å². The summed E-state index contributed by atoms with van der Waals surface area (Å²) in [5.41, 5.74) is 2.84. The number of hydrogen-bond acceptors (Lipinski definition) is 2. The SMILES string of the molecule is CNC(CN(CC(C)C)C1CC1)c1ccc(C(C)C)cc1. The molecule has 0 radical (unpaired) electrons. The third-order valence-corrected chi connectivity index (χ3v) is 4.43. The fraction of sp³-hybridized carbons (Fsp3) is 0.684. The number of rotatable bonds is 8. The molecule has 1 aliphatic carbocycles. The van der Waals surface area contributed by atoms with E-state index in [0.717, 1.165) is 18.5 Å². The van der Waals surface area contributed by atoms with Crippen molar-refractivity contribution < 1.29 is 0 Å².